The molecule has 1 aliphatic carbocycles. The van der Waals surface area contributed by atoms with Crippen LogP contribution in [-0.2, 0) is 10.0 Å². The zero-order chi connectivity index (χ0) is 13.3. The third-order valence-corrected chi connectivity index (χ3v) is 6.56. The first-order valence-corrected chi connectivity index (χ1v) is 8.47. The van der Waals surface area contributed by atoms with E-state index in [0.717, 1.165) is 23.3 Å². The Morgan fingerprint density at radius 3 is 2.56 bits per heavy atom. The Morgan fingerprint density at radius 1 is 1.33 bits per heavy atom. The Kier molecular flexibility index (Phi) is 4.11. The normalized spacial score (nSPS) is 25.3. The van der Waals surface area contributed by atoms with Crippen molar-refractivity contribution in [2.24, 2.45) is 0 Å². The molecular formula is C12H19NO3S2. The third-order valence-electron chi connectivity index (χ3n) is 3.44. The van der Waals surface area contributed by atoms with E-state index >= 15 is 0 Å². The molecule has 0 bridgehead atoms. The fourth-order valence-electron chi connectivity index (χ4n) is 2.18. The highest BCUT2D eigenvalue weighted by Gasteiger charge is 2.28. The van der Waals surface area contributed by atoms with Crippen LogP contribution in [0.25, 0.3) is 0 Å². The van der Waals surface area contributed by atoms with Crippen molar-refractivity contribution in [1.29, 1.82) is 0 Å². The summed E-state index contributed by atoms with van der Waals surface area (Å²) >= 11 is 1.28. The van der Waals surface area contributed by atoms with E-state index in [9.17, 15) is 13.5 Å². The van der Waals surface area contributed by atoms with Crippen LogP contribution in [0.4, 0.5) is 0 Å². The second-order valence-corrected chi connectivity index (χ2v) is 8.08. The van der Waals surface area contributed by atoms with Crippen molar-refractivity contribution in [3.8, 4) is 0 Å². The van der Waals surface area contributed by atoms with E-state index in [1.54, 1.807) is 6.07 Å². The molecule has 0 radical (unpaired) electrons. The Balaban J connectivity index is 2.16. The summed E-state index contributed by atoms with van der Waals surface area (Å²) < 4.78 is 27.4. The van der Waals surface area contributed by atoms with E-state index < -0.39 is 16.1 Å². The molecule has 1 aromatic heterocycles. The van der Waals surface area contributed by atoms with Gasteiger partial charge in [-0.3, -0.25) is 0 Å². The SMILES string of the molecule is Cc1cc(S(=O)(=O)NC2CCCCC2O)sc1C. The van der Waals surface area contributed by atoms with Gasteiger partial charge in [-0.15, -0.1) is 11.3 Å². The van der Waals surface area contributed by atoms with Gasteiger partial charge in [-0.05, 0) is 38.3 Å². The highest BCUT2D eigenvalue weighted by Crippen LogP contribution is 2.26. The van der Waals surface area contributed by atoms with Gasteiger partial charge >= 0.3 is 0 Å². The van der Waals surface area contributed by atoms with Crippen LogP contribution in [0.2, 0.25) is 0 Å². The molecule has 2 N–H and O–H groups in total. The van der Waals surface area contributed by atoms with Crippen LogP contribution < -0.4 is 4.72 Å². The largest absolute Gasteiger partial charge is 0.391 e. The second-order valence-electron chi connectivity index (χ2n) is 4.88. The minimum Gasteiger partial charge on any atom is -0.391 e. The Bertz CT molecular complexity index is 502. The Labute approximate surface area is 112 Å². The molecule has 0 aliphatic heterocycles. The van der Waals surface area contributed by atoms with Gasteiger partial charge < -0.3 is 5.11 Å². The first-order chi connectivity index (χ1) is 8.40. The molecule has 4 nitrogen and oxygen atoms in total. The molecule has 1 aromatic rings. The summed E-state index contributed by atoms with van der Waals surface area (Å²) in [5, 5.41) is 9.82. The number of hydrogen-bond acceptors (Lipinski definition) is 4. The molecule has 1 aliphatic rings. The molecule has 1 saturated carbocycles. The number of aliphatic hydroxyl groups excluding tert-OH is 1. The van der Waals surface area contributed by atoms with Crippen molar-refractivity contribution in [2.45, 2.75) is 55.9 Å². The lowest BCUT2D eigenvalue weighted by molar-refractivity contribution is 0.101. The minimum absolute atomic E-state index is 0.341. The summed E-state index contributed by atoms with van der Waals surface area (Å²) in [4.78, 5) is 1.01. The highest BCUT2D eigenvalue weighted by atomic mass is 32.2. The summed E-state index contributed by atoms with van der Waals surface area (Å²) in [6.07, 6.45) is 2.76. The summed E-state index contributed by atoms with van der Waals surface area (Å²) in [6.45, 7) is 3.81. The molecule has 1 heterocycles. The minimum atomic E-state index is -3.49. The van der Waals surface area contributed by atoms with Gasteiger partial charge in [-0.25, -0.2) is 13.1 Å². The molecule has 18 heavy (non-hydrogen) atoms. The molecule has 6 heteroatoms. The van der Waals surface area contributed by atoms with E-state index in [1.807, 2.05) is 13.8 Å². The number of sulfonamides is 1. The van der Waals surface area contributed by atoms with Gasteiger partial charge in [0, 0.05) is 10.9 Å². The highest BCUT2D eigenvalue weighted by molar-refractivity contribution is 7.91. The van der Waals surface area contributed by atoms with Crippen LogP contribution in [0.15, 0.2) is 10.3 Å². The van der Waals surface area contributed by atoms with E-state index in [4.69, 9.17) is 0 Å². The zero-order valence-electron chi connectivity index (χ0n) is 10.6. The van der Waals surface area contributed by atoms with Gasteiger partial charge in [0.15, 0.2) is 0 Å². The molecule has 0 spiro atoms. The number of hydrogen-bond donors (Lipinski definition) is 2. The average Bonchev–Trinajstić information content (AvgIpc) is 2.63. The number of rotatable bonds is 3. The maximum Gasteiger partial charge on any atom is 0.250 e. The van der Waals surface area contributed by atoms with Crippen molar-refractivity contribution < 1.29 is 13.5 Å². The van der Waals surface area contributed by atoms with E-state index in [0.29, 0.717) is 17.1 Å². The fourth-order valence-corrected chi connectivity index (χ4v) is 5.01. The predicted molar refractivity (Wildman–Crippen MR) is 72.4 cm³/mol. The van der Waals surface area contributed by atoms with Crippen LogP contribution in [0.1, 0.15) is 36.1 Å². The molecule has 2 unspecified atom stereocenters. The quantitative estimate of drug-likeness (QED) is 0.893. The average molecular weight is 289 g/mol. The first-order valence-electron chi connectivity index (χ1n) is 6.17. The number of aliphatic hydroxyl groups is 1. The molecule has 0 saturated heterocycles. The smallest absolute Gasteiger partial charge is 0.250 e. The second kappa shape index (κ2) is 5.28. The van der Waals surface area contributed by atoms with Crippen molar-refractivity contribution in [3.05, 3.63) is 16.5 Å². The van der Waals surface area contributed by atoms with Crippen molar-refractivity contribution in [2.75, 3.05) is 0 Å². The monoisotopic (exact) mass is 289 g/mol. The molecule has 0 amide bonds. The molecule has 2 atom stereocenters. The van der Waals surface area contributed by atoms with Crippen LogP contribution >= 0.6 is 11.3 Å². The third kappa shape index (κ3) is 2.93. The fraction of sp³-hybridized carbons (Fsp3) is 0.667. The first kappa shape index (κ1) is 14.0. The standard InChI is InChI=1S/C12H19NO3S2/c1-8-7-12(17-9(8)2)18(15,16)13-10-5-3-4-6-11(10)14/h7,10-11,13-14H,3-6H2,1-2H3. The topological polar surface area (TPSA) is 66.4 Å². The van der Waals surface area contributed by atoms with Gasteiger partial charge in [0.2, 0.25) is 10.0 Å². The summed E-state index contributed by atoms with van der Waals surface area (Å²) in [5.41, 5.74) is 0.990. The van der Waals surface area contributed by atoms with E-state index in [-0.39, 0.29) is 6.04 Å². The van der Waals surface area contributed by atoms with Crippen molar-refractivity contribution >= 4 is 21.4 Å². The van der Waals surface area contributed by atoms with Gasteiger partial charge in [-0.1, -0.05) is 12.8 Å². The summed E-state index contributed by atoms with van der Waals surface area (Å²) in [6, 6.07) is 1.35. The summed E-state index contributed by atoms with van der Waals surface area (Å²) in [5.74, 6) is 0. The molecular weight excluding hydrogens is 270 g/mol. The Morgan fingerprint density at radius 2 is 2.00 bits per heavy atom. The predicted octanol–water partition coefficient (Wildman–Crippen LogP) is 1.95. The zero-order valence-corrected chi connectivity index (χ0v) is 12.3. The van der Waals surface area contributed by atoms with Gasteiger partial charge in [0.1, 0.15) is 4.21 Å². The van der Waals surface area contributed by atoms with E-state index in [2.05, 4.69) is 4.72 Å². The number of thiophene rings is 1. The maximum atomic E-state index is 12.2. The van der Waals surface area contributed by atoms with Crippen LogP contribution in [0.5, 0.6) is 0 Å². The van der Waals surface area contributed by atoms with E-state index in [1.165, 1.54) is 11.3 Å². The Hall–Kier alpha value is -0.430. The van der Waals surface area contributed by atoms with Gasteiger partial charge in [-0.2, -0.15) is 0 Å². The molecule has 0 aromatic carbocycles. The number of nitrogens with one attached hydrogen (secondary N) is 1. The van der Waals surface area contributed by atoms with Crippen molar-refractivity contribution in [3.63, 3.8) is 0 Å². The lowest BCUT2D eigenvalue weighted by atomic mass is 9.93. The lowest BCUT2D eigenvalue weighted by Crippen LogP contribution is -2.44. The van der Waals surface area contributed by atoms with Crippen LogP contribution in [0.3, 0.4) is 0 Å². The van der Waals surface area contributed by atoms with Crippen LogP contribution in [0, 0.1) is 13.8 Å². The molecule has 1 fully saturated rings. The van der Waals surface area contributed by atoms with Crippen molar-refractivity contribution in [1.82, 2.24) is 4.72 Å². The van der Waals surface area contributed by atoms with Crippen LogP contribution in [-0.4, -0.2) is 25.7 Å². The maximum absolute atomic E-state index is 12.2. The summed E-state index contributed by atoms with van der Waals surface area (Å²) in [7, 11) is -3.49. The molecule has 102 valence electrons. The number of aryl methyl sites for hydroxylation is 2. The van der Waals surface area contributed by atoms with Gasteiger partial charge in [0.25, 0.3) is 0 Å². The lowest BCUT2D eigenvalue weighted by Gasteiger charge is -2.27. The van der Waals surface area contributed by atoms with Gasteiger partial charge in [0.05, 0.1) is 6.10 Å². The molecule has 2 rings (SSSR count).